The van der Waals surface area contributed by atoms with Gasteiger partial charge in [0.15, 0.2) is 12.3 Å². The van der Waals surface area contributed by atoms with Crippen molar-refractivity contribution in [1.29, 1.82) is 0 Å². The number of benzene rings is 1. The summed E-state index contributed by atoms with van der Waals surface area (Å²) in [7, 11) is 0. The molecule has 0 aliphatic carbocycles. The molecule has 124 valence electrons. The maximum absolute atomic E-state index is 12.1. The van der Waals surface area contributed by atoms with Crippen LogP contribution >= 0.6 is 0 Å². The summed E-state index contributed by atoms with van der Waals surface area (Å²) in [6.07, 6.45) is -4.49. The Morgan fingerprint density at radius 3 is 2.70 bits per heavy atom. The van der Waals surface area contributed by atoms with Crippen LogP contribution in [0, 0.1) is 0 Å². The molecular formula is C13H12F3N3O4. The second-order valence-electron chi connectivity index (χ2n) is 4.32. The lowest BCUT2D eigenvalue weighted by atomic mass is 10.1. The topological polar surface area (TPSA) is 97.3 Å². The summed E-state index contributed by atoms with van der Waals surface area (Å²) in [6.45, 7) is 0.257. The van der Waals surface area contributed by atoms with Crippen molar-refractivity contribution < 1.29 is 32.5 Å². The van der Waals surface area contributed by atoms with Gasteiger partial charge in [-0.1, -0.05) is 0 Å². The van der Waals surface area contributed by atoms with E-state index in [2.05, 4.69) is 20.1 Å². The molecule has 23 heavy (non-hydrogen) atoms. The van der Waals surface area contributed by atoms with Gasteiger partial charge in [0, 0.05) is 11.6 Å². The van der Waals surface area contributed by atoms with Crippen molar-refractivity contribution in [3.63, 3.8) is 0 Å². The molecule has 1 aromatic heterocycles. The second-order valence-corrected chi connectivity index (χ2v) is 4.32. The van der Waals surface area contributed by atoms with E-state index in [9.17, 15) is 23.1 Å². The van der Waals surface area contributed by atoms with Crippen molar-refractivity contribution in [2.45, 2.75) is 13.1 Å². The number of phenols is 1. The number of aromatic nitrogens is 3. The van der Waals surface area contributed by atoms with Crippen molar-refractivity contribution in [3.05, 3.63) is 23.9 Å². The molecule has 0 fully saturated rings. The van der Waals surface area contributed by atoms with Crippen LogP contribution in [0.15, 0.2) is 18.2 Å². The number of hydrogen-bond acceptors (Lipinski definition) is 6. The Hall–Kier alpha value is -2.78. The lowest BCUT2D eigenvalue weighted by molar-refractivity contribution is -0.153. The zero-order valence-corrected chi connectivity index (χ0v) is 11.8. The molecule has 0 aliphatic rings. The minimum Gasteiger partial charge on any atom is -0.507 e. The number of carbonyl (C=O) groups is 1. The van der Waals surface area contributed by atoms with Crippen LogP contribution in [-0.4, -0.2) is 45.9 Å². The number of hydrogen-bond donors (Lipinski definition) is 2. The first-order valence-electron chi connectivity index (χ1n) is 6.42. The maximum Gasteiger partial charge on any atom is 0.422 e. The Balaban J connectivity index is 2.25. The largest absolute Gasteiger partial charge is 0.507 e. The highest BCUT2D eigenvalue weighted by Crippen LogP contribution is 2.33. The number of alkyl halides is 3. The first kappa shape index (κ1) is 16.6. The third-order valence-corrected chi connectivity index (χ3v) is 2.64. The molecule has 0 atom stereocenters. The molecule has 2 aromatic rings. The van der Waals surface area contributed by atoms with Crippen molar-refractivity contribution in [1.82, 2.24) is 15.4 Å². The highest BCUT2D eigenvalue weighted by Gasteiger charge is 2.28. The maximum atomic E-state index is 12.1. The molecule has 7 nitrogen and oxygen atoms in total. The van der Waals surface area contributed by atoms with Crippen LogP contribution in [0.2, 0.25) is 0 Å². The van der Waals surface area contributed by atoms with Gasteiger partial charge in [0.05, 0.1) is 6.61 Å². The van der Waals surface area contributed by atoms with Gasteiger partial charge < -0.3 is 14.6 Å². The Bertz CT molecular complexity index is 700. The number of rotatable bonds is 5. The summed E-state index contributed by atoms with van der Waals surface area (Å²) in [5.41, 5.74) is -0.0319. The Morgan fingerprint density at radius 2 is 2.09 bits per heavy atom. The predicted octanol–water partition coefficient (Wildman–Crippen LogP) is 2.30. The van der Waals surface area contributed by atoms with E-state index < -0.39 is 24.5 Å². The minimum absolute atomic E-state index is 0.0170. The number of esters is 1. The molecule has 0 unspecified atom stereocenters. The molecule has 0 saturated carbocycles. The fourth-order valence-corrected chi connectivity index (χ4v) is 1.73. The second kappa shape index (κ2) is 6.55. The monoisotopic (exact) mass is 331 g/mol. The summed E-state index contributed by atoms with van der Waals surface area (Å²) >= 11 is 0. The highest BCUT2D eigenvalue weighted by molar-refractivity contribution is 5.94. The number of ether oxygens (including phenoxy) is 2. The van der Waals surface area contributed by atoms with E-state index >= 15 is 0 Å². The van der Waals surface area contributed by atoms with Crippen molar-refractivity contribution >= 4 is 5.97 Å². The smallest absolute Gasteiger partial charge is 0.422 e. The van der Waals surface area contributed by atoms with E-state index in [4.69, 9.17) is 4.74 Å². The zero-order chi connectivity index (χ0) is 17.0. The number of nitrogens with one attached hydrogen (secondary N) is 1. The summed E-state index contributed by atoms with van der Waals surface area (Å²) in [5, 5.41) is 19.6. The predicted molar refractivity (Wildman–Crippen MR) is 71.0 cm³/mol. The number of H-pyrrole nitrogens is 1. The van der Waals surface area contributed by atoms with E-state index in [0.717, 1.165) is 6.07 Å². The number of nitrogens with zero attached hydrogens (tertiary/aromatic N) is 2. The lowest BCUT2D eigenvalue weighted by Crippen LogP contribution is -2.19. The molecule has 10 heteroatoms. The first-order valence-corrected chi connectivity index (χ1v) is 6.42. The van der Waals surface area contributed by atoms with Crippen molar-refractivity contribution in [3.8, 4) is 22.8 Å². The molecule has 0 amide bonds. The number of aromatic hydroxyl groups is 1. The quantitative estimate of drug-likeness (QED) is 0.816. The average molecular weight is 331 g/mol. The van der Waals surface area contributed by atoms with Crippen molar-refractivity contribution in [2.75, 3.05) is 13.2 Å². The van der Waals surface area contributed by atoms with E-state index in [1.165, 1.54) is 12.1 Å². The lowest BCUT2D eigenvalue weighted by Gasteiger charge is -2.10. The minimum atomic E-state index is -4.49. The number of halogens is 3. The van der Waals surface area contributed by atoms with E-state index in [1.54, 1.807) is 6.92 Å². The van der Waals surface area contributed by atoms with Gasteiger partial charge in [-0.3, -0.25) is 0 Å². The fourth-order valence-electron chi connectivity index (χ4n) is 1.73. The third kappa shape index (κ3) is 4.11. The van der Waals surface area contributed by atoms with Gasteiger partial charge in [0.1, 0.15) is 17.2 Å². The molecule has 0 aliphatic heterocycles. The molecule has 0 bridgehead atoms. The van der Waals surface area contributed by atoms with Crippen LogP contribution in [0.3, 0.4) is 0 Å². The Labute approximate surface area is 128 Å². The van der Waals surface area contributed by atoms with Gasteiger partial charge in [-0.25, -0.2) is 4.79 Å². The van der Waals surface area contributed by atoms with Gasteiger partial charge in [0.25, 0.3) is 0 Å². The molecule has 0 radical (unpaired) electrons. The van der Waals surface area contributed by atoms with E-state index in [-0.39, 0.29) is 29.3 Å². The van der Waals surface area contributed by atoms with E-state index in [1.807, 2.05) is 0 Å². The summed E-state index contributed by atoms with van der Waals surface area (Å²) in [4.78, 5) is 11.7. The summed E-state index contributed by atoms with van der Waals surface area (Å²) in [6, 6.07) is 3.47. The Morgan fingerprint density at radius 1 is 1.35 bits per heavy atom. The zero-order valence-electron chi connectivity index (χ0n) is 11.8. The van der Waals surface area contributed by atoms with Crippen LogP contribution in [0.1, 0.15) is 17.4 Å². The SMILES string of the molecule is CCOC(=O)c1n[nH]nc1-c1ccc(OCC(F)(F)F)cc1O. The third-order valence-electron chi connectivity index (χ3n) is 2.64. The van der Waals surface area contributed by atoms with E-state index in [0.29, 0.717) is 0 Å². The van der Waals surface area contributed by atoms with Crippen LogP contribution in [0.4, 0.5) is 13.2 Å². The normalized spacial score (nSPS) is 11.3. The van der Waals surface area contributed by atoms with Gasteiger partial charge in [-0.05, 0) is 19.1 Å². The number of carbonyl (C=O) groups excluding carboxylic acids is 1. The van der Waals surface area contributed by atoms with Crippen LogP contribution < -0.4 is 4.74 Å². The van der Waals surface area contributed by atoms with Gasteiger partial charge >= 0.3 is 12.1 Å². The molecule has 0 spiro atoms. The average Bonchev–Trinajstić information content (AvgIpc) is 2.94. The molecular weight excluding hydrogens is 319 g/mol. The van der Waals surface area contributed by atoms with Crippen molar-refractivity contribution in [2.24, 2.45) is 0 Å². The van der Waals surface area contributed by atoms with Gasteiger partial charge in [0.2, 0.25) is 0 Å². The number of phenolic OH excluding ortho intramolecular Hbond substituents is 1. The number of aromatic amines is 1. The van der Waals surface area contributed by atoms with Crippen LogP contribution in [-0.2, 0) is 4.74 Å². The summed E-state index contributed by atoms with van der Waals surface area (Å²) < 4.78 is 45.6. The molecule has 1 aromatic carbocycles. The first-order chi connectivity index (χ1) is 10.8. The summed E-state index contributed by atoms with van der Waals surface area (Å²) in [5.74, 6) is -1.33. The molecule has 1 heterocycles. The fraction of sp³-hybridized carbons (Fsp3) is 0.308. The molecule has 2 N–H and O–H groups in total. The van der Waals surface area contributed by atoms with Gasteiger partial charge in [-0.15, -0.1) is 5.10 Å². The molecule has 2 rings (SSSR count). The Kier molecular flexibility index (Phi) is 4.72. The van der Waals surface area contributed by atoms with Gasteiger partial charge in [-0.2, -0.15) is 23.5 Å². The molecule has 0 saturated heterocycles. The standard InChI is InChI=1S/C13H12F3N3O4/c1-2-22-12(21)11-10(17-19-18-11)8-4-3-7(5-9(8)20)23-6-13(14,15)16/h3-5,20H,2,6H2,1H3,(H,17,18,19). The highest BCUT2D eigenvalue weighted by atomic mass is 19.4. The van der Waals surface area contributed by atoms with Crippen LogP contribution in [0.5, 0.6) is 11.5 Å². The van der Waals surface area contributed by atoms with Crippen LogP contribution in [0.25, 0.3) is 11.3 Å².